The molecule has 0 spiro atoms. The van der Waals surface area contributed by atoms with Gasteiger partial charge in [0.2, 0.25) is 0 Å². The minimum absolute atomic E-state index is 0.0929. The molecule has 0 radical (unpaired) electrons. The van der Waals surface area contributed by atoms with Crippen molar-refractivity contribution in [2.75, 3.05) is 11.9 Å². The minimum Gasteiger partial charge on any atom is -0.487 e. The van der Waals surface area contributed by atoms with E-state index in [-0.39, 0.29) is 42.3 Å². The van der Waals surface area contributed by atoms with Crippen LogP contribution in [0.5, 0.6) is 5.75 Å². The van der Waals surface area contributed by atoms with Crippen LogP contribution in [-0.4, -0.2) is 41.7 Å². The highest BCUT2D eigenvalue weighted by molar-refractivity contribution is 5.90. The molecule has 2 aliphatic heterocycles. The van der Waals surface area contributed by atoms with E-state index in [0.29, 0.717) is 18.4 Å². The van der Waals surface area contributed by atoms with Crippen LogP contribution < -0.4 is 10.1 Å². The van der Waals surface area contributed by atoms with Crippen molar-refractivity contribution in [1.29, 1.82) is 0 Å². The average Bonchev–Trinajstić information content (AvgIpc) is 3.10. The van der Waals surface area contributed by atoms with E-state index in [1.807, 2.05) is 0 Å². The van der Waals surface area contributed by atoms with Crippen molar-refractivity contribution in [1.82, 2.24) is 4.90 Å². The zero-order chi connectivity index (χ0) is 25.9. The molecule has 10 heteroatoms. The molecule has 36 heavy (non-hydrogen) atoms. The number of fused-ring (bicyclic) bond motifs is 2. The van der Waals surface area contributed by atoms with Crippen LogP contribution in [-0.2, 0) is 15.7 Å². The Morgan fingerprint density at radius 1 is 1.08 bits per heavy atom. The van der Waals surface area contributed by atoms with Crippen LogP contribution in [0.25, 0.3) is 6.08 Å². The van der Waals surface area contributed by atoms with Crippen LogP contribution in [0.2, 0.25) is 0 Å². The van der Waals surface area contributed by atoms with E-state index in [4.69, 9.17) is 9.47 Å². The molecule has 2 aliphatic rings. The maximum absolute atomic E-state index is 14.6. The number of anilines is 1. The molecule has 2 bridgehead atoms. The van der Waals surface area contributed by atoms with Crippen LogP contribution in [0.3, 0.4) is 0 Å². The number of rotatable bonds is 6. The highest BCUT2D eigenvalue weighted by atomic mass is 19.4. The summed E-state index contributed by atoms with van der Waals surface area (Å²) in [6, 6.07) is 8.13. The molecular formula is C26H26F4N2O4. The Labute approximate surface area is 205 Å². The molecule has 0 aromatic heterocycles. The molecule has 2 aromatic rings. The van der Waals surface area contributed by atoms with Gasteiger partial charge in [-0.1, -0.05) is 6.07 Å². The Morgan fingerprint density at radius 3 is 2.33 bits per heavy atom. The van der Waals surface area contributed by atoms with Crippen molar-refractivity contribution in [2.45, 2.75) is 57.0 Å². The van der Waals surface area contributed by atoms with Crippen molar-refractivity contribution in [3.8, 4) is 5.75 Å². The summed E-state index contributed by atoms with van der Waals surface area (Å²) >= 11 is 0. The van der Waals surface area contributed by atoms with Crippen LogP contribution in [0, 0.1) is 5.82 Å². The number of hydrogen-bond acceptors (Lipinski definition) is 4. The summed E-state index contributed by atoms with van der Waals surface area (Å²) in [5.41, 5.74) is -0.0125. The van der Waals surface area contributed by atoms with Crippen LogP contribution >= 0.6 is 0 Å². The smallest absolute Gasteiger partial charge is 0.416 e. The number of carbonyl (C=O) groups is 2. The zero-order valence-electron chi connectivity index (χ0n) is 19.6. The number of halogens is 4. The lowest BCUT2D eigenvalue weighted by molar-refractivity contribution is -0.138. The Hall–Kier alpha value is -3.56. The van der Waals surface area contributed by atoms with Gasteiger partial charge < -0.3 is 19.7 Å². The first kappa shape index (κ1) is 25.5. The molecule has 1 N–H and O–H groups in total. The van der Waals surface area contributed by atoms with Crippen LogP contribution in [0.15, 0.2) is 48.5 Å². The largest absolute Gasteiger partial charge is 0.487 e. The Kier molecular flexibility index (Phi) is 7.51. The number of benzene rings is 2. The standard InChI is InChI=1S/C26H26F4N2O4/c1-2-35-24(33)12-4-16-3-11-23(22(27)13-16)36-21-14-19-9-10-20(15-21)32(19)25(34)31-18-7-5-17(6-8-18)26(28,29)30/h3-8,11-13,19-21H,2,9-10,14-15H2,1H3,(H,31,34)/b12-4+/t19-,20-/m0/s1. The maximum atomic E-state index is 14.6. The van der Waals surface area contributed by atoms with E-state index < -0.39 is 23.5 Å². The number of carbonyl (C=O) groups excluding carboxylic acids is 2. The predicted octanol–water partition coefficient (Wildman–Crippen LogP) is 6.03. The number of hydrogen-bond donors (Lipinski definition) is 1. The van der Waals surface area contributed by atoms with Gasteiger partial charge in [0.25, 0.3) is 0 Å². The minimum atomic E-state index is -4.44. The first-order valence-electron chi connectivity index (χ1n) is 11.7. The predicted molar refractivity (Wildman–Crippen MR) is 125 cm³/mol. The Morgan fingerprint density at radius 2 is 1.75 bits per heavy atom. The summed E-state index contributed by atoms with van der Waals surface area (Å²) in [5.74, 6) is -0.978. The monoisotopic (exact) mass is 506 g/mol. The fourth-order valence-corrected chi connectivity index (χ4v) is 4.74. The first-order valence-corrected chi connectivity index (χ1v) is 11.7. The van der Waals surface area contributed by atoms with Gasteiger partial charge in [0, 0.05) is 36.7 Å². The van der Waals surface area contributed by atoms with Gasteiger partial charge in [-0.3, -0.25) is 0 Å². The van der Waals surface area contributed by atoms with Gasteiger partial charge in [-0.25, -0.2) is 14.0 Å². The van der Waals surface area contributed by atoms with E-state index in [1.54, 1.807) is 17.9 Å². The van der Waals surface area contributed by atoms with Gasteiger partial charge >= 0.3 is 18.2 Å². The molecule has 192 valence electrons. The van der Waals surface area contributed by atoms with Crippen molar-refractivity contribution >= 4 is 23.8 Å². The number of nitrogens with zero attached hydrogens (tertiary/aromatic N) is 1. The van der Waals surface area contributed by atoms with Crippen molar-refractivity contribution in [3.05, 3.63) is 65.5 Å². The number of piperidine rings is 1. The lowest BCUT2D eigenvalue weighted by atomic mass is 10.00. The fraction of sp³-hybridized carbons (Fsp3) is 0.385. The van der Waals surface area contributed by atoms with Crippen LogP contribution in [0.1, 0.15) is 43.7 Å². The van der Waals surface area contributed by atoms with Gasteiger partial charge in [-0.2, -0.15) is 13.2 Å². The lowest BCUT2D eigenvalue weighted by Gasteiger charge is -2.38. The number of amides is 2. The molecular weight excluding hydrogens is 480 g/mol. The summed E-state index contributed by atoms with van der Waals surface area (Å²) < 4.78 is 63.6. The molecule has 2 atom stereocenters. The van der Waals surface area contributed by atoms with E-state index in [2.05, 4.69) is 5.32 Å². The first-order chi connectivity index (χ1) is 17.1. The quantitative estimate of drug-likeness (QED) is 0.295. The zero-order valence-corrected chi connectivity index (χ0v) is 19.6. The molecule has 2 saturated heterocycles. The average molecular weight is 506 g/mol. The number of nitrogens with one attached hydrogen (secondary N) is 1. The molecule has 0 unspecified atom stereocenters. The third-order valence-electron chi connectivity index (χ3n) is 6.34. The van der Waals surface area contributed by atoms with Crippen molar-refractivity contribution in [3.63, 3.8) is 0 Å². The Balaban J connectivity index is 1.35. The summed E-state index contributed by atoms with van der Waals surface area (Å²) in [7, 11) is 0. The topological polar surface area (TPSA) is 67.9 Å². The number of ether oxygens (including phenoxy) is 2. The summed E-state index contributed by atoms with van der Waals surface area (Å²) in [4.78, 5) is 26.0. The van der Waals surface area contributed by atoms with E-state index in [1.165, 1.54) is 36.4 Å². The highest BCUT2D eigenvalue weighted by Gasteiger charge is 2.44. The van der Waals surface area contributed by atoms with E-state index in [9.17, 15) is 27.2 Å². The summed E-state index contributed by atoms with van der Waals surface area (Å²) in [5, 5.41) is 2.68. The fourth-order valence-electron chi connectivity index (χ4n) is 4.74. The Bertz CT molecular complexity index is 1120. The SMILES string of the molecule is CCOC(=O)/C=C/c1ccc(OC2C[C@@H]3CC[C@@H](C2)N3C(=O)Nc2ccc(C(F)(F)F)cc2)c(F)c1. The second-order valence-electron chi connectivity index (χ2n) is 8.78. The van der Waals surface area contributed by atoms with Gasteiger partial charge in [-0.15, -0.1) is 0 Å². The second kappa shape index (κ2) is 10.6. The molecule has 0 aliphatic carbocycles. The van der Waals surface area contributed by atoms with Crippen molar-refractivity contribution in [2.24, 2.45) is 0 Å². The highest BCUT2D eigenvalue weighted by Crippen LogP contribution is 2.38. The normalized spacial score (nSPS) is 21.5. The third-order valence-corrected chi connectivity index (χ3v) is 6.34. The molecule has 6 nitrogen and oxygen atoms in total. The van der Waals surface area contributed by atoms with E-state index in [0.717, 1.165) is 25.0 Å². The number of esters is 1. The lowest BCUT2D eigenvalue weighted by Crippen LogP contribution is -2.50. The second-order valence-corrected chi connectivity index (χ2v) is 8.78. The molecule has 4 rings (SSSR count). The molecule has 2 heterocycles. The summed E-state index contributed by atoms with van der Waals surface area (Å²) in [6.45, 7) is 1.95. The number of alkyl halides is 3. The van der Waals surface area contributed by atoms with Crippen LogP contribution in [0.4, 0.5) is 28.0 Å². The van der Waals surface area contributed by atoms with Gasteiger partial charge in [0.15, 0.2) is 11.6 Å². The maximum Gasteiger partial charge on any atom is 0.416 e. The number of urea groups is 1. The van der Waals surface area contributed by atoms with Gasteiger partial charge in [-0.05, 0) is 67.8 Å². The third kappa shape index (κ3) is 5.98. The van der Waals surface area contributed by atoms with Gasteiger partial charge in [0.05, 0.1) is 12.2 Å². The van der Waals surface area contributed by atoms with Crippen molar-refractivity contribution < 1.29 is 36.6 Å². The molecule has 2 aromatic carbocycles. The van der Waals surface area contributed by atoms with Gasteiger partial charge in [0.1, 0.15) is 6.10 Å². The molecule has 2 fully saturated rings. The molecule has 0 saturated carbocycles. The molecule has 2 amide bonds. The van der Waals surface area contributed by atoms with E-state index >= 15 is 0 Å². The summed E-state index contributed by atoms with van der Waals surface area (Å²) in [6.07, 6.45) is 0.523.